The summed E-state index contributed by atoms with van der Waals surface area (Å²) in [5.74, 6) is 1.29. The van der Waals surface area contributed by atoms with Crippen molar-refractivity contribution in [2.45, 2.75) is 19.8 Å². The van der Waals surface area contributed by atoms with Crippen molar-refractivity contribution in [1.29, 1.82) is 0 Å². The topological polar surface area (TPSA) is 102 Å². The van der Waals surface area contributed by atoms with Crippen LogP contribution in [-0.4, -0.2) is 60.2 Å². The van der Waals surface area contributed by atoms with Crippen LogP contribution in [0.1, 0.15) is 35.8 Å². The highest BCUT2D eigenvalue weighted by Crippen LogP contribution is 2.29. The van der Waals surface area contributed by atoms with Crippen molar-refractivity contribution < 1.29 is 18.7 Å². The van der Waals surface area contributed by atoms with E-state index in [1.807, 2.05) is 18.2 Å². The summed E-state index contributed by atoms with van der Waals surface area (Å²) in [7, 11) is 0. The van der Waals surface area contributed by atoms with Gasteiger partial charge < -0.3 is 24.5 Å². The number of anilines is 2. The van der Waals surface area contributed by atoms with Gasteiger partial charge in [0, 0.05) is 50.2 Å². The Kier molecular flexibility index (Phi) is 7.62. The molecule has 192 valence electrons. The number of fused-ring (bicyclic) bond motifs is 1. The van der Waals surface area contributed by atoms with E-state index in [1.165, 1.54) is 5.56 Å². The first-order valence-corrected chi connectivity index (χ1v) is 12.5. The first-order chi connectivity index (χ1) is 18.0. The molecule has 0 unspecified atom stereocenters. The van der Waals surface area contributed by atoms with E-state index < -0.39 is 0 Å². The summed E-state index contributed by atoms with van der Waals surface area (Å²) >= 11 is 0. The molecule has 0 atom stereocenters. The Bertz CT molecular complexity index is 1360. The predicted octanol–water partition coefficient (Wildman–Crippen LogP) is 4.94. The fraction of sp³-hybridized carbons (Fsp3) is 0.321. The van der Waals surface area contributed by atoms with Gasteiger partial charge in [0.05, 0.1) is 13.2 Å². The summed E-state index contributed by atoms with van der Waals surface area (Å²) in [6.07, 6.45) is 1.56. The zero-order valence-electron chi connectivity index (χ0n) is 21.1. The fourth-order valence-corrected chi connectivity index (χ4v) is 4.10. The molecule has 9 heteroatoms. The summed E-state index contributed by atoms with van der Waals surface area (Å²) in [4.78, 5) is 23.6. The Balaban J connectivity index is 1.21. The number of hydrogen-bond acceptors (Lipinski definition) is 8. The summed E-state index contributed by atoms with van der Waals surface area (Å²) in [5, 5.41) is 6.16. The lowest BCUT2D eigenvalue weighted by atomic mass is 10.0. The minimum atomic E-state index is -0.233. The van der Waals surface area contributed by atoms with Gasteiger partial charge >= 0.3 is 0 Å². The Hall–Kier alpha value is -3.95. The van der Waals surface area contributed by atoms with Crippen molar-refractivity contribution in [3.8, 4) is 11.5 Å². The third kappa shape index (κ3) is 6.44. The van der Waals surface area contributed by atoms with Gasteiger partial charge in [0.15, 0.2) is 5.58 Å². The van der Waals surface area contributed by atoms with Gasteiger partial charge in [-0.3, -0.25) is 14.7 Å². The largest absolute Gasteiger partial charge is 0.457 e. The number of rotatable bonds is 9. The van der Waals surface area contributed by atoms with Crippen LogP contribution < -0.4 is 15.4 Å². The molecule has 5 rings (SSSR count). The molecule has 0 bridgehead atoms. The maximum absolute atomic E-state index is 12.6. The lowest BCUT2D eigenvalue weighted by molar-refractivity contribution is 0.0383. The molecule has 3 heterocycles. The van der Waals surface area contributed by atoms with Crippen molar-refractivity contribution >= 4 is 28.7 Å². The van der Waals surface area contributed by atoms with Gasteiger partial charge in [0.2, 0.25) is 0 Å². The number of ether oxygens (including phenoxy) is 2. The average molecular weight is 502 g/mol. The SMILES string of the molecule is CC(C)c1cccc(Nc2nc3cc(Oc4ccnc(C(=O)NCCN5CCOCC5)c4)ccc3o2)c1. The third-order valence-electron chi connectivity index (χ3n) is 6.18. The predicted molar refractivity (Wildman–Crippen MR) is 142 cm³/mol. The first-order valence-electron chi connectivity index (χ1n) is 12.5. The highest BCUT2D eigenvalue weighted by Gasteiger charge is 2.13. The van der Waals surface area contributed by atoms with E-state index in [0.29, 0.717) is 46.8 Å². The van der Waals surface area contributed by atoms with Crippen LogP contribution >= 0.6 is 0 Å². The number of nitrogens with one attached hydrogen (secondary N) is 2. The van der Waals surface area contributed by atoms with Crippen molar-refractivity contribution in [3.05, 3.63) is 72.1 Å². The maximum atomic E-state index is 12.6. The Morgan fingerprint density at radius 3 is 2.76 bits per heavy atom. The van der Waals surface area contributed by atoms with Crippen LogP contribution in [-0.2, 0) is 4.74 Å². The van der Waals surface area contributed by atoms with E-state index in [4.69, 9.17) is 13.9 Å². The Labute approximate surface area is 215 Å². The molecule has 2 aromatic carbocycles. The average Bonchev–Trinajstić information content (AvgIpc) is 3.31. The van der Waals surface area contributed by atoms with Gasteiger partial charge in [0.1, 0.15) is 22.7 Å². The number of carbonyl (C=O) groups is 1. The monoisotopic (exact) mass is 501 g/mol. The van der Waals surface area contributed by atoms with Crippen LogP contribution in [0.25, 0.3) is 11.1 Å². The number of amides is 1. The fourth-order valence-electron chi connectivity index (χ4n) is 4.10. The molecule has 0 aliphatic carbocycles. The highest BCUT2D eigenvalue weighted by atomic mass is 16.5. The van der Waals surface area contributed by atoms with Crippen LogP contribution in [0.2, 0.25) is 0 Å². The van der Waals surface area contributed by atoms with Gasteiger partial charge in [0.25, 0.3) is 11.9 Å². The quantitative estimate of drug-likeness (QED) is 0.332. The van der Waals surface area contributed by atoms with E-state index in [1.54, 1.807) is 30.5 Å². The van der Waals surface area contributed by atoms with Gasteiger partial charge in [-0.1, -0.05) is 26.0 Å². The Morgan fingerprint density at radius 2 is 1.92 bits per heavy atom. The molecule has 0 saturated carbocycles. The summed E-state index contributed by atoms with van der Waals surface area (Å²) in [6.45, 7) is 8.88. The zero-order chi connectivity index (χ0) is 25.6. The molecule has 1 saturated heterocycles. The molecule has 2 N–H and O–H groups in total. The van der Waals surface area contributed by atoms with E-state index in [9.17, 15) is 4.79 Å². The van der Waals surface area contributed by atoms with Crippen molar-refractivity contribution in [1.82, 2.24) is 20.2 Å². The van der Waals surface area contributed by atoms with E-state index >= 15 is 0 Å². The highest BCUT2D eigenvalue weighted by molar-refractivity contribution is 5.92. The number of pyridine rings is 1. The second-order valence-electron chi connectivity index (χ2n) is 9.24. The number of hydrogen-bond donors (Lipinski definition) is 2. The first kappa shape index (κ1) is 24.7. The molecule has 4 aromatic rings. The molecule has 1 aliphatic heterocycles. The molecule has 0 spiro atoms. The van der Waals surface area contributed by atoms with Crippen molar-refractivity contribution in [3.63, 3.8) is 0 Å². The smallest absolute Gasteiger partial charge is 0.300 e. The van der Waals surface area contributed by atoms with Crippen molar-refractivity contribution in [2.24, 2.45) is 0 Å². The molecule has 1 aliphatic rings. The van der Waals surface area contributed by atoms with E-state index in [-0.39, 0.29) is 5.91 Å². The molecule has 2 aromatic heterocycles. The number of aromatic nitrogens is 2. The summed E-state index contributed by atoms with van der Waals surface area (Å²) < 4.78 is 17.2. The minimum absolute atomic E-state index is 0.233. The van der Waals surface area contributed by atoms with E-state index in [0.717, 1.165) is 38.5 Å². The molecular formula is C28H31N5O4. The second-order valence-corrected chi connectivity index (χ2v) is 9.24. The molecule has 9 nitrogen and oxygen atoms in total. The molecular weight excluding hydrogens is 470 g/mol. The molecule has 1 fully saturated rings. The summed E-state index contributed by atoms with van der Waals surface area (Å²) in [5.41, 5.74) is 3.76. The van der Waals surface area contributed by atoms with Crippen molar-refractivity contribution in [2.75, 3.05) is 44.7 Å². The number of benzene rings is 2. The number of morpholine rings is 1. The molecule has 1 amide bonds. The van der Waals surface area contributed by atoms with Crippen LogP contribution in [0.4, 0.5) is 11.7 Å². The standard InChI is InChI=1S/C28H31N5O4/c1-19(2)20-4-3-5-21(16-20)31-28-32-24-17-22(6-7-26(24)37-28)36-23-8-9-29-25(18-23)27(34)30-10-11-33-12-14-35-15-13-33/h3-9,16-19H,10-15H2,1-2H3,(H,30,34)(H,31,32). The number of oxazole rings is 1. The third-order valence-corrected chi connectivity index (χ3v) is 6.18. The van der Waals surface area contributed by atoms with Crippen LogP contribution in [0.5, 0.6) is 11.5 Å². The minimum Gasteiger partial charge on any atom is -0.457 e. The lowest BCUT2D eigenvalue weighted by Crippen LogP contribution is -2.41. The lowest BCUT2D eigenvalue weighted by Gasteiger charge is -2.26. The maximum Gasteiger partial charge on any atom is 0.300 e. The van der Waals surface area contributed by atoms with Crippen LogP contribution in [0.15, 0.2) is 65.2 Å². The van der Waals surface area contributed by atoms with Gasteiger partial charge in [-0.2, -0.15) is 4.98 Å². The van der Waals surface area contributed by atoms with Gasteiger partial charge in [-0.15, -0.1) is 0 Å². The molecule has 0 radical (unpaired) electrons. The van der Waals surface area contributed by atoms with Gasteiger partial charge in [-0.25, -0.2) is 0 Å². The molecule has 37 heavy (non-hydrogen) atoms. The van der Waals surface area contributed by atoms with Crippen LogP contribution in [0, 0.1) is 0 Å². The van der Waals surface area contributed by atoms with E-state index in [2.05, 4.69) is 51.5 Å². The zero-order valence-corrected chi connectivity index (χ0v) is 21.1. The summed E-state index contributed by atoms with van der Waals surface area (Å²) in [6, 6.07) is 17.4. The van der Waals surface area contributed by atoms with Crippen LogP contribution in [0.3, 0.4) is 0 Å². The Morgan fingerprint density at radius 1 is 1.08 bits per heavy atom. The van der Waals surface area contributed by atoms with Gasteiger partial charge in [-0.05, 0) is 41.8 Å². The number of carbonyl (C=O) groups excluding carboxylic acids is 1. The number of nitrogens with zero attached hydrogens (tertiary/aromatic N) is 3. The normalized spacial score (nSPS) is 14.1. The second kappa shape index (κ2) is 11.4.